The van der Waals surface area contributed by atoms with Crippen LogP contribution in [0.3, 0.4) is 0 Å². The lowest BCUT2D eigenvalue weighted by molar-refractivity contribution is 0.153. The van der Waals surface area contributed by atoms with E-state index >= 15 is 0 Å². The summed E-state index contributed by atoms with van der Waals surface area (Å²) in [6, 6.07) is 0.356. The lowest BCUT2D eigenvalue weighted by atomic mass is 9.98. The van der Waals surface area contributed by atoms with Crippen LogP contribution in [0.4, 0.5) is 4.79 Å². The van der Waals surface area contributed by atoms with Gasteiger partial charge in [-0.25, -0.2) is 4.79 Å². The summed E-state index contributed by atoms with van der Waals surface area (Å²) in [6.07, 6.45) is 1.83. The molecule has 1 saturated heterocycles. The molecule has 0 aromatic rings. The molecule has 0 bridgehead atoms. The zero-order valence-electron chi connectivity index (χ0n) is 9.34. The van der Waals surface area contributed by atoms with Crippen LogP contribution in [0.1, 0.15) is 33.6 Å². The maximum Gasteiger partial charge on any atom is 0.318 e. The van der Waals surface area contributed by atoms with Crippen molar-refractivity contribution in [1.82, 2.24) is 10.2 Å². The highest BCUT2D eigenvalue weighted by Gasteiger charge is 2.37. The number of urea groups is 1. The van der Waals surface area contributed by atoms with Crippen LogP contribution in [0.25, 0.3) is 0 Å². The Morgan fingerprint density at radius 1 is 1.64 bits per heavy atom. The molecule has 4 heteroatoms. The third kappa shape index (κ3) is 2.18. The summed E-state index contributed by atoms with van der Waals surface area (Å²) in [4.78, 5) is 13.5. The molecule has 2 amide bonds. The number of rotatable bonds is 4. The first-order chi connectivity index (χ1) is 6.51. The monoisotopic (exact) mass is 199 g/mol. The maximum absolute atomic E-state index is 11.6. The largest absolute Gasteiger partial charge is 0.333 e. The second kappa shape index (κ2) is 4.17. The molecule has 1 atom stereocenters. The number of nitrogens with zero attached hydrogens (tertiary/aromatic N) is 1. The Hall–Kier alpha value is -0.770. The first kappa shape index (κ1) is 11.3. The van der Waals surface area contributed by atoms with E-state index in [1.165, 1.54) is 0 Å². The van der Waals surface area contributed by atoms with Gasteiger partial charge >= 0.3 is 6.03 Å². The summed E-state index contributed by atoms with van der Waals surface area (Å²) < 4.78 is 0. The normalized spacial score (nSPS) is 22.7. The number of carbonyl (C=O) groups excluding carboxylic acids is 1. The molecule has 1 rings (SSSR count). The fourth-order valence-corrected chi connectivity index (χ4v) is 1.84. The van der Waals surface area contributed by atoms with Gasteiger partial charge in [0.15, 0.2) is 0 Å². The van der Waals surface area contributed by atoms with Crippen LogP contribution in [-0.2, 0) is 0 Å². The van der Waals surface area contributed by atoms with Crippen molar-refractivity contribution in [2.45, 2.75) is 45.2 Å². The molecule has 0 aromatic heterocycles. The van der Waals surface area contributed by atoms with Crippen molar-refractivity contribution in [1.29, 1.82) is 0 Å². The molecule has 82 valence electrons. The zero-order valence-corrected chi connectivity index (χ0v) is 9.34. The predicted molar refractivity (Wildman–Crippen MR) is 57.1 cm³/mol. The van der Waals surface area contributed by atoms with Crippen molar-refractivity contribution >= 4 is 6.03 Å². The molecule has 0 spiro atoms. The Morgan fingerprint density at radius 2 is 2.29 bits per heavy atom. The highest BCUT2D eigenvalue weighted by molar-refractivity contribution is 5.77. The number of nitrogens with two attached hydrogens (primary N) is 1. The topological polar surface area (TPSA) is 58.4 Å². The first-order valence-corrected chi connectivity index (χ1v) is 5.29. The van der Waals surface area contributed by atoms with E-state index in [4.69, 9.17) is 5.73 Å². The Kier molecular flexibility index (Phi) is 3.37. The predicted octanol–water partition coefficient (Wildman–Crippen LogP) is 0.918. The molecule has 3 N–H and O–H groups in total. The molecular weight excluding hydrogens is 178 g/mol. The van der Waals surface area contributed by atoms with Gasteiger partial charge in [-0.15, -0.1) is 0 Å². The third-order valence-corrected chi connectivity index (χ3v) is 2.96. The Balaban J connectivity index is 2.64. The second-order valence-electron chi connectivity index (χ2n) is 4.52. The number of amides is 2. The highest BCUT2D eigenvalue weighted by Crippen LogP contribution is 2.22. The molecule has 1 aliphatic heterocycles. The van der Waals surface area contributed by atoms with Crippen LogP contribution in [0, 0.1) is 0 Å². The van der Waals surface area contributed by atoms with Crippen molar-refractivity contribution < 1.29 is 4.79 Å². The molecule has 4 nitrogen and oxygen atoms in total. The van der Waals surface area contributed by atoms with Gasteiger partial charge in [0.1, 0.15) is 0 Å². The minimum Gasteiger partial charge on any atom is -0.333 e. The van der Waals surface area contributed by atoms with E-state index in [9.17, 15) is 4.79 Å². The maximum atomic E-state index is 11.6. The standard InChI is InChI=1S/C10H21N3O/c1-4-8-7-13(9(14)12-8)10(2,3)5-6-11/h8H,4-7,11H2,1-3H3,(H,12,14). The van der Waals surface area contributed by atoms with Crippen LogP contribution in [0.15, 0.2) is 0 Å². The fourth-order valence-electron chi connectivity index (χ4n) is 1.84. The van der Waals surface area contributed by atoms with E-state index in [0.717, 1.165) is 19.4 Å². The summed E-state index contributed by atoms with van der Waals surface area (Å²) in [5.41, 5.74) is 5.41. The molecular formula is C10H21N3O. The van der Waals surface area contributed by atoms with Gasteiger partial charge in [-0.3, -0.25) is 0 Å². The van der Waals surface area contributed by atoms with E-state index in [-0.39, 0.29) is 11.6 Å². The number of hydrogen-bond acceptors (Lipinski definition) is 2. The van der Waals surface area contributed by atoms with Crippen LogP contribution in [0.2, 0.25) is 0 Å². The molecule has 0 saturated carbocycles. The van der Waals surface area contributed by atoms with Crippen LogP contribution < -0.4 is 11.1 Å². The number of hydrogen-bond donors (Lipinski definition) is 2. The molecule has 1 heterocycles. The number of carbonyl (C=O) groups is 1. The van der Waals surface area contributed by atoms with Gasteiger partial charge in [-0.1, -0.05) is 6.92 Å². The molecule has 0 aliphatic carbocycles. The van der Waals surface area contributed by atoms with Gasteiger partial charge in [0, 0.05) is 18.1 Å². The number of nitrogens with one attached hydrogen (secondary N) is 1. The first-order valence-electron chi connectivity index (χ1n) is 5.29. The van der Waals surface area contributed by atoms with Crippen LogP contribution in [-0.4, -0.2) is 35.6 Å². The smallest absolute Gasteiger partial charge is 0.318 e. The van der Waals surface area contributed by atoms with Gasteiger partial charge in [0.2, 0.25) is 0 Å². The van der Waals surface area contributed by atoms with Gasteiger partial charge in [-0.2, -0.15) is 0 Å². The van der Waals surface area contributed by atoms with Gasteiger partial charge in [0.25, 0.3) is 0 Å². The van der Waals surface area contributed by atoms with Crippen molar-refractivity contribution in [2.24, 2.45) is 5.73 Å². The Bertz CT molecular complexity index is 215. The quantitative estimate of drug-likeness (QED) is 0.707. The van der Waals surface area contributed by atoms with E-state index in [1.54, 1.807) is 0 Å². The minimum absolute atomic E-state index is 0.0512. The average Bonchev–Trinajstić information content (AvgIpc) is 2.47. The van der Waals surface area contributed by atoms with Crippen LogP contribution in [0.5, 0.6) is 0 Å². The van der Waals surface area contributed by atoms with Gasteiger partial charge in [0.05, 0.1) is 0 Å². The lowest BCUT2D eigenvalue weighted by Gasteiger charge is -2.34. The van der Waals surface area contributed by atoms with Gasteiger partial charge in [-0.05, 0) is 33.2 Å². The lowest BCUT2D eigenvalue weighted by Crippen LogP contribution is -2.46. The average molecular weight is 199 g/mol. The summed E-state index contributed by atoms with van der Waals surface area (Å²) in [7, 11) is 0. The van der Waals surface area contributed by atoms with Crippen LogP contribution >= 0.6 is 0 Å². The molecule has 0 radical (unpaired) electrons. The molecule has 1 unspecified atom stereocenters. The summed E-state index contributed by atoms with van der Waals surface area (Å²) >= 11 is 0. The molecule has 1 fully saturated rings. The van der Waals surface area contributed by atoms with Crippen molar-refractivity contribution in [3.63, 3.8) is 0 Å². The molecule has 14 heavy (non-hydrogen) atoms. The minimum atomic E-state index is -0.122. The van der Waals surface area contributed by atoms with Gasteiger partial charge < -0.3 is 16.0 Å². The second-order valence-corrected chi connectivity index (χ2v) is 4.52. The summed E-state index contributed by atoms with van der Waals surface area (Å²) in [6.45, 7) is 7.65. The van der Waals surface area contributed by atoms with Crippen molar-refractivity contribution in [2.75, 3.05) is 13.1 Å². The van der Waals surface area contributed by atoms with E-state index in [1.807, 2.05) is 4.90 Å². The summed E-state index contributed by atoms with van der Waals surface area (Å²) in [5, 5.41) is 2.96. The fraction of sp³-hybridized carbons (Fsp3) is 0.900. The molecule has 1 aliphatic rings. The third-order valence-electron chi connectivity index (χ3n) is 2.96. The highest BCUT2D eigenvalue weighted by atomic mass is 16.2. The van der Waals surface area contributed by atoms with Crippen molar-refractivity contribution in [3.8, 4) is 0 Å². The SMILES string of the molecule is CCC1CN(C(C)(C)CCN)C(=O)N1. The van der Waals surface area contributed by atoms with E-state index in [2.05, 4.69) is 26.1 Å². The van der Waals surface area contributed by atoms with E-state index in [0.29, 0.717) is 12.6 Å². The Morgan fingerprint density at radius 3 is 2.71 bits per heavy atom. The van der Waals surface area contributed by atoms with Crippen molar-refractivity contribution in [3.05, 3.63) is 0 Å². The van der Waals surface area contributed by atoms with E-state index < -0.39 is 0 Å². The Labute approximate surface area is 85.8 Å². The zero-order chi connectivity index (χ0) is 10.8. The summed E-state index contributed by atoms with van der Waals surface area (Å²) in [5.74, 6) is 0. The molecule has 0 aromatic carbocycles.